The van der Waals surface area contributed by atoms with Crippen LogP contribution in [0.25, 0.3) is 0 Å². The van der Waals surface area contributed by atoms with Crippen molar-refractivity contribution in [1.29, 1.82) is 0 Å². The lowest BCUT2D eigenvalue weighted by Gasteiger charge is -2.35. The Labute approximate surface area is 145 Å². The van der Waals surface area contributed by atoms with Crippen LogP contribution in [0.5, 0.6) is 0 Å². The second-order valence-corrected chi connectivity index (χ2v) is 5.55. The average molecular weight is 354 g/mol. The van der Waals surface area contributed by atoms with Gasteiger partial charge >= 0.3 is 12.0 Å². The molecule has 0 saturated heterocycles. The molecular formula is C16H20ClN3O4. The number of pyridine rings is 1. The SMILES string of the molecule is CCOC(=O)C1=C(C)N(CCOC)C(=O)NC1c1ccc(Cl)nc1. The predicted molar refractivity (Wildman–Crippen MR) is 88.4 cm³/mol. The quantitative estimate of drug-likeness (QED) is 0.627. The predicted octanol–water partition coefficient (Wildman–Crippen LogP) is 2.28. The molecule has 1 aromatic heterocycles. The zero-order valence-corrected chi connectivity index (χ0v) is 14.6. The number of halogens is 1. The first kappa shape index (κ1) is 18.2. The van der Waals surface area contributed by atoms with E-state index in [1.165, 1.54) is 11.1 Å². The third-order valence-electron chi connectivity index (χ3n) is 3.69. The van der Waals surface area contributed by atoms with Gasteiger partial charge in [-0.05, 0) is 25.5 Å². The number of ether oxygens (including phenoxy) is 2. The van der Waals surface area contributed by atoms with Crippen molar-refractivity contribution in [2.75, 3.05) is 26.9 Å². The fourth-order valence-electron chi connectivity index (χ4n) is 2.51. The summed E-state index contributed by atoms with van der Waals surface area (Å²) in [4.78, 5) is 30.3. The Morgan fingerprint density at radius 3 is 2.79 bits per heavy atom. The number of nitrogens with zero attached hydrogens (tertiary/aromatic N) is 2. The van der Waals surface area contributed by atoms with Gasteiger partial charge in [-0.25, -0.2) is 14.6 Å². The fourth-order valence-corrected chi connectivity index (χ4v) is 2.63. The summed E-state index contributed by atoms with van der Waals surface area (Å²) in [5.74, 6) is -0.475. The van der Waals surface area contributed by atoms with Crippen LogP contribution in [0, 0.1) is 0 Å². The normalized spacial score (nSPS) is 17.8. The van der Waals surface area contributed by atoms with Crippen LogP contribution in [-0.4, -0.2) is 48.8 Å². The number of urea groups is 1. The molecule has 2 heterocycles. The van der Waals surface area contributed by atoms with Crippen LogP contribution in [0.2, 0.25) is 5.15 Å². The van der Waals surface area contributed by atoms with Crippen LogP contribution in [0.15, 0.2) is 29.6 Å². The monoisotopic (exact) mass is 353 g/mol. The summed E-state index contributed by atoms with van der Waals surface area (Å²) in [6, 6.07) is 2.38. The average Bonchev–Trinajstić information content (AvgIpc) is 2.55. The Balaban J connectivity index is 2.45. The van der Waals surface area contributed by atoms with Crippen molar-refractivity contribution in [3.05, 3.63) is 40.3 Å². The molecule has 0 aliphatic carbocycles. The van der Waals surface area contributed by atoms with Gasteiger partial charge in [0, 0.05) is 19.0 Å². The second kappa shape index (κ2) is 8.12. The highest BCUT2D eigenvalue weighted by atomic mass is 35.5. The van der Waals surface area contributed by atoms with E-state index >= 15 is 0 Å². The molecule has 7 nitrogen and oxygen atoms in total. The number of nitrogens with one attached hydrogen (secondary N) is 1. The van der Waals surface area contributed by atoms with E-state index in [1.807, 2.05) is 0 Å². The van der Waals surface area contributed by atoms with Gasteiger partial charge in [0.2, 0.25) is 0 Å². The molecule has 1 aliphatic rings. The van der Waals surface area contributed by atoms with Crippen molar-refractivity contribution >= 4 is 23.6 Å². The van der Waals surface area contributed by atoms with Gasteiger partial charge in [0.05, 0.1) is 31.4 Å². The maximum atomic E-state index is 12.4. The number of esters is 1. The van der Waals surface area contributed by atoms with Gasteiger partial charge in [-0.15, -0.1) is 0 Å². The molecule has 0 radical (unpaired) electrons. The summed E-state index contributed by atoms with van der Waals surface area (Å²) >= 11 is 5.81. The Kier molecular flexibility index (Phi) is 6.16. The zero-order valence-electron chi connectivity index (χ0n) is 13.8. The molecule has 1 atom stereocenters. The van der Waals surface area contributed by atoms with Crippen molar-refractivity contribution < 1.29 is 19.1 Å². The summed E-state index contributed by atoms with van der Waals surface area (Å²) in [5, 5.41) is 3.15. The van der Waals surface area contributed by atoms with E-state index in [2.05, 4.69) is 10.3 Å². The molecule has 1 unspecified atom stereocenters. The minimum atomic E-state index is -0.639. The van der Waals surface area contributed by atoms with Crippen LogP contribution < -0.4 is 5.32 Å². The van der Waals surface area contributed by atoms with Gasteiger partial charge in [-0.1, -0.05) is 17.7 Å². The maximum Gasteiger partial charge on any atom is 0.338 e. The van der Waals surface area contributed by atoms with E-state index in [1.54, 1.807) is 33.1 Å². The number of methoxy groups -OCH3 is 1. The van der Waals surface area contributed by atoms with Crippen LogP contribution in [-0.2, 0) is 14.3 Å². The first-order valence-electron chi connectivity index (χ1n) is 7.55. The summed E-state index contributed by atoms with van der Waals surface area (Å²) in [6.07, 6.45) is 1.53. The molecular weight excluding hydrogens is 334 g/mol. The highest BCUT2D eigenvalue weighted by molar-refractivity contribution is 6.29. The summed E-state index contributed by atoms with van der Waals surface area (Å²) in [7, 11) is 1.55. The summed E-state index contributed by atoms with van der Waals surface area (Å²) in [6.45, 7) is 4.39. The van der Waals surface area contributed by atoms with Crippen molar-refractivity contribution in [2.24, 2.45) is 0 Å². The van der Waals surface area contributed by atoms with Crippen LogP contribution >= 0.6 is 11.6 Å². The van der Waals surface area contributed by atoms with Gasteiger partial charge in [0.25, 0.3) is 0 Å². The minimum absolute atomic E-state index is 0.243. The molecule has 1 aromatic rings. The van der Waals surface area contributed by atoms with Crippen molar-refractivity contribution in [1.82, 2.24) is 15.2 Å². The largest absolute Gasteiger partial charge is 0.463 e. The molecule has 1 N–H and O–H groups in total. The van der Waals surface area contributed by atoms with E-state index in [4.69, 9.17) is 21.1 Å². The van der Waals surface area contributed by atoms with Gasteiger partial charge in [0.1, 0.15) is 5.15 Å². The first-order chi connectivity index (χ1) is 11.5. The van der Waals surface area contributed by atoms with Gasteiger partial charge in [0.15, 0.2) is 0 Å². The molecule has 0 aromatic carbocycles. The van der Waals surface area contributed by atoms with E-state index in [-0.39, 0.29) is 12.6 Å². The number of rotatable bonds is 6. The maximum absolute atomic E-state index is 12.4. The third-order valence-corrected chi connectivity index (χ3v) is 3.92. The molecule has 0 bridgehead atoms. The van der Waals surface area contributed by atoms with Gasteiger partial charge in [-0.2, -0.15) is 0 Å². The van der Waals surface area contributed by atoms with Crippen LogP contribution in [0.3, 0.4) is 0 Å². The molecule has 130 valence electrons. The lowest BCUT2D eigenvalue weighted by atomic mass is 9.96. The van der Waals surface area contributed by atoms with Gasteiger partial charge < -0.3 is 14.8 Å². The molecule has 1 aliphatic heterocycles. The fraction of sp³-hybridized carbons (Fsp3) is 0.438. The Bertz CT molecular complexity index is 645. The number of hydrogen-bond donors (Lipinski definition) is 1. The Morgan fingerprint density at radius 2 is 2.21 bits per heavy atom. The molecule has 0 saturated carbocycles. The molecule has 0 fully saturated rings. The third kappa shape index (κ3) is 3.85. The Hall–Kier alpha value is -2.12. The number of carbonyl (C=O) groups excluding carboxylic acids is 2. The second-order valence-electron chi connectivity index (χ2n) is 5.16. The Morgan fingerprint density at radius 1 is 1.46 bits per heavy atom. The first-order valence-corrected chi connectivity index (χ1v) is 7.93. The van der Waals surface area contributed by atoms with Crippen molar-refractivity contribution in [3.63, 3.8) is 0 Å². The highest BCUT2D eigenvalue weighted by Crippen LogP contribution is 2.31. The van der Waals surface area contributed by atoms with Crippen molar-refractivity contribution in [2.45, 2.75) is 19.9 Å². The zero-order chi connectivity index (χ0) is 17.7. The number of carbonyl (C=O) groups is 2. The van der Waals surface area contributed by atoms with E-state index in [9.17, 15) is 9.59 Å². The van der Waals surface area contributed by atoms with Crippen molar-refractivity contribution in [3.8, 4) is 0 Å². The van der Waals surface area contributed by atoms with E-state index in [0.29, 0.717) is 35.1 Å². The number of amides is 2. The van der Waals surface area contributed by atoms with Crippen LogP contribution in [0.4, 0.5) is 4.79 Å². The standard InChI is InChI=1S/C16H20ClN3O4/c1-4-24-15(21)13-10(2)20(7-8-23-3)16(22)19-14(13)11-5-6-12(17)18-9-11/h5-6,9,14H,4,7-8H2,1-3H3,(H,19,22). The topological polar surface area (TPSA) is 80.8 Å². The lowest BCUT2D eigenvalue weighted by Crippen LogP contribution is -2.49. The number of allylic oxidation sites excluding steroid dienone is 1. The molecule has 2 amide bonds. The van der Waals surface area contributed by atoms with E-state index in [0.717, 1.165) is 0 Å². The van der Waals surface area contributed by atoms with E-state index < -0.39 is 12.0 Å². The number of aromatic nitrogens is 1. The highest BCUT2D eigenvalue weighted by Gasteiger charge is 2.36. The molecule has 8 heteroatoms. The van der Waals surface area contributed by atoms with Gasteiger partial charge in [-0.3, -0.25) is 4.90 Å². The summed E-state index contributed by atoms with van der Waals surface area (Å²) < 4.78 is 10.2. The lowest BCUT2D eigenvalue weighted by molar-refractivity contribution is -0.139. The minimum Gasteiger partial charge on any atom is -0.463 e. The molecule has 2 rings (SSSR count). The smallest absolute Gasteiger partial charge is 0.338 e. The number of hydrogen-bond acceptors (Lipinski definition) is 5. The summed E-state index contributed by atoms with van der Waals surface area (Å²) in [5.41, 5.74) is 1.56. The molecule has 0 spiro atoms. The molecule has 24 heavy (non-hydrogen) atoms. The van der Waals surface area contributed by atoms with Crippen LogP contribution in [0.1, 0.15) is 25.5 Å².